The minimum Gasteiger partial charge on any atom is -0.207 e. The third-order valence-corrected chi connectivity index (χ3v) is 9.35. The standard InChI is InChI=1S/C35H39F3/c1-3-4-5-24-7-9-25(10-8-24)26-11-15-28(16-12-26)31-21-19-30(22-33(31)36)27-13-17-29(18-14-27)32-20-6-23(2)34(37)35(32)38/h3,6,13-14,17-22,24-26,28H,1,4-5,7-12,15-16H2,2H3. The maximum absolute atomic E-state index is 15.3. The lowest BCUT2D eigenvalue weighted by atomic mass is 9.68. The van der Waals surface area contributed by atoms with E-state index in [0.717, 1.165) is 53.7 Å². The number of halogens is 3. The molecule has 0 N–H and O–H groups in total. The van der Waals surface area contributed by atoms with Crippen LogP contribution in [0.3, 0.4) is 0 Å². The topological polar surface area (TPSA) is 0 Å². The molecule has 0 amide bonds. The van der Waals surface area contributed by atoms with Gasteiger partial charge in [0.1, 0.15) is 5.82 Å². The number of hydrogen-bond donors (Lipinski definition) is 0. The normalized spacial score (nSPS) is 23.8. The molecule has 0 heterocycles. The van der Waals surface area contributed by atoms with Gasteiger partial charge in [-0.3, -0.25) is 0 Å². The second kappa shape index (κ2) is 11.9. The summed E-state index contributed by atoms with van der Waals surface area (Å²) in [5.74, 6) is 1.06. The van der Waals surface area contributed by atoms with Crippen molar-refractivity contribution in [3.05, 3.63) is 95.8 Å². The van der Waals surface area contributed by atoms with E-state index in [-0.39, 0.29) is 16.9 Å². The van der Waals surface area contributed by atoms with E-state index in [2.05, 4.69) is 6.58 Å². The molecule has 0 nitrogen and oxygen atoms in total. The van der Waals surface area contributed by atoms with Crippen molar-refractivity contribution in [2.45, 2.75) is 77.0 Å². The summed E-state index contributed by atoms with van der Waals surface area (Å²) >= 11 is 0. The Morgan fingerprint density at radius 3 is 1.95 bits per heavy atom. The Morgan fingerprint density at radius 2 is 1.32 bits per heavy atom. The predicted octanol–water partition coefficient (Wildman–Crippen LogP) is 10.8. The van der Waals surface area contributed by atoms with Crippen molar-refractivity contribution in [1.82, 2.24) is 0 Å². The van der Waals surface area contributed by atoms with Crippen molar-refractivity contribution in [2.24, 2.45) is 17.8 Å². The molecule has 3 aromatic rings. The highest BCUT2D eigenvalue weighted by atomic mass is 19.2. The van der Waals surface area contributed by atoms with Crippen LogP contribution >= 0.6 is 0 Å². The summed E-state index contributed by atoms with van der Waals surface area (Å²) in [7, 11) is 0. The lowest BCUT2D eigenvalue weighted by molar-refractivity contribution is 0.156. The van der Waals surface area contributed by atoms with Crippen LogP contribution in [0, 0.1) is 42.1 Å². The molecule has 200 valence electrons. The van der Waals surface area contributed by atoms with Gasteiger partial charge in [-0.05, 0) is 116 Å². The van der Waals surface area contributed by atoms with Crippen LogP contribution < -0.4 is 0 Å². The van der Waals surface area contributed by atoms with E-state index in [1.54, 1.807) is 37.3 Å². The molecule has 0 saturated heterocycles. The molecule has 0 atom stereocenters. The maximum Gasteiger partial charge on any atom is 0.166 e. The van der Waals surface area contributed by atoms with E-state index < -0.39 is 11.6 Å². The summed E-state index contributed by atoms with van der Waals surface area (Å²) in [6, 6.07) is 16.0. The highest BCUT2D eigenvalue weighted by Gasteiger charge is 2.31. The zero-order valence-electron chi connectivity index (χ0n) is 22.5. The van der Waals surface area contributed by atoms with Gasteiger partial charge in [0.15, 0.2) is 11.6 Å². The van der Waals surface area contributed by atoms with Crippen molar-refractivity contribution < 1.29 is 13.2 Å². The van der Waals surface area contributed by atoms with Crippen LogP contribution in [0.25, 0.3) is 22.3 Å². The summed E-state index contributed by atoms with van der Waals surface area (Å²) in [5, 5.41) is 0. The Hall–Kier alpha value is -2.81. The van der Waals surface area contributed by atoms with Crippen molar-refractivity contribution in [3.8, 4) is 22.3 Å². The molecule has 0 aliphatic heterocycles. The van der Waals surface area contributed by atoms with Gasteiger partial charge in [0, 0.05) is 5.56 Å². The van der Waals surface area contributed by atoms with Gasteiger partial charge in [0.05, 0.1) is 0 Å². The largest absolute Gasteiger partial charge is 0.207 e. The predicted molar refractivity (Wildman–Crippen MR) is 152 cm³/mol. The first-order chi connectivity index (χ1) is 18.4. The lowest BCUT2D eigenvalue weighted by Crippen LogP contribution is -2.25. The van der Waals surface area contributed by atoms with Crippen LogP contribution in [0.1, 0.15) is 81.3 Å². The minimum absolute atomic E-state index is 0.135. The Morgan fingerprint density at radius 1 is 0.711 bits per heavy atom. The quantitative estimate of drug-likeness (QED) is 0.274. The molecule has 5 rings (SSSR count). The first kappa shape index (κ1) is 26.8. The summed E-state index contributed by atoms with van der Waals surface area (Å²) in [5.41, 5.74) is 3.62. The average molecular weight is 517 g/mol. The van der Waals surface area contributed by atoms with Crippen molar-refractivity contribution in [1.29, 1.82) is 0 Å². The van der Waals surface area contributed by atoms with Gasteiger partial charge in [-0.1, -0.05) is 67.4 Å². The summed E-state index contributed by atoms with van der Waals surface area (Å²) in [4.78, 5) is 0. The van der Waals surface area contributed by atoms with E-state index in [4.69, 9.17) is 0 Å². The van der Waals surface area contributed by atoms with E-state index in [1.165, 1.54) is 44.9 Å². The number of allylic oxidation sites excluding steroid dienone is 1. The molecule has 0 unspecified atom stereocenters. The van der Waals surface area contributed by atoms with Crippen molar-refractivity contribution >= 4 is 0 Å². The molecule has 2 aliphatic carbocycles. The SMILES string of the molecule is C=CCCC1CCC(C2CCC(c3ccc(-c4ccc(-c5ccc(C)c(F)c5F)cc4)cc3F)CC2)CC1. The van der Waals surface area contributed by atoms with E-state index in [9.17, 15) is 8.78 Å². The first-order valence-electron chi connectivity index (χ1n) is 14.4. The van der Waals surface area contributed by atoms with Gasteiger partial charge >= 0.3 is 0 Å². The molecule has 0 bridgehead atoms. The van der Waals surface area contributed by atoms with Gasteiger partial charge in [-0.2, -0.15) is 0 Å². The third kappa shape index (κ3) is 5.77. The lowest BCUT2D eigenvalue weighted by Gasteiger charge is -2.38. The Balaban J connectivity index is 1.20. The molecule has 3 aromatic carbocycles. The monoisotopic (exact) mass is 516 g/mol. The number of aryl methyl sites for hydroxylation is 1. The molecule has 3 heteroatoms. The van der Waals surface area contributed by atoms with Crippen LogP contribution in [0.5, 0.6) is 0 Å². The Kier molecular flexibility index (Phi) is 8.41. The molecular weight excluding hydrogens is 477 g/mol. The van der Waals surface area contributed by atoms with Crippen LogP contribution in [0.4, 0.5) is 13.2 Å². The Bertz CT molecular complexity index is 1240. The van der Waals surface area contributed by atoms with Gasteiger partial charge < -0.3 is 0 Å². The second-order valence-electron chi connectivity index (χ2n) is 11.6. The zero-order valence-corrected chi connectivity index (χ0v) is 22.5. The van der Waals surface area contributed by atoms with Crippen LogP contribution in [-0.2, 0) is 0 Å². The van der Waals surface area contributed by atoms with E-state index >= 15 is 4.39 Å². The van der Waals surface area contributed by atoms with Crippen LogP contribution in [0.15, 0.2) is 67.3 Å². The van der Waals surface area contributed by atoms with E-state index in [0.29, 0.717) is 11.5 Å². The zero-order chi connectivity index (χ0) is 26.6. The summed E-state index contributed by atoms with van der Waals surface area (Å²) < 4.78 is 43.7. The third-order valence-electron chi connectivity index (χ3n) is 9.35. The molecule has 0 aromatic heterocycles. The molecule has 2 saturated carbocycles. The minimum atomic E-state index is -0.834. The first-order valence-corrected chi connectivity index (χ1v) is 14.4. The molecule has 0 radical (unpaired) electrons. The van der Waals surface area contributed by atoms with Gasteiger partial charge in [-0.15, -0.1) is 6.58 Å². The fourth-order valence-electron chi connectivity index (χ4n) is 6.95. The molecule has 0 spiro atoms. The molecular formula is C35H39F3. The summed E-state index contributed by atoms with van der Waals surface area (Å²) in [6.45, 7) is 5.41. The fourth-order valence-corrected chi connectivity index (χ4v) is 6.95. The number of rotatable bonds is 7. The van der Waals surface area contributed by atoms with Crippen molar-refractivity contribution in [3.63, 3.8) is 0 Å². The molecule has 38 heavy (non-hydrogen) atoms. The maximum atomic E-state index is 15.3. The van der Waals surface area contributed by atoms with Gasteiger partial charge in [0.25, 0.3) is 0 Å². The fraction of sp³-hybridized carbons (Fsp3) is 0.429. The average Bonchev–Trinajstić information content (AvgIpc) is 2.95. The molecule has 2 fully saturated rings. The smallest absolute Gasteiger partial charge is 0.166 e. The number of benzene rings is 3. The highest BCUT2D eigenvalue weighted by molar-refractivity contribution is 5.71. The van der Waals surface area contributed by atoms with Gasteiger partial charge in [-0.25, -0.2) is 13.2 Å². The summed E-state index contributed by atoms with van der Waals surface area (Å²) in [6.07, 6.45) is 14.5. The van der Waals surface area contributed by atoms with E-state index in [1.807, 2.05) is 30.3 Å². The number of hydrogen-bond acceptors (Lipinski definition) is 0. The van der Waals surface area contributed by atoms with Gasteiger partial charge in [0.2, 0.25) is 0 Å². The highest BCUT2D eigenvalue weighted by Crippen LogP contribution is 2.45. The van der Waals surface area contributed by atoms with Crippen molar-refractivity contribution in [2.75, 3.05) is 0 Å². The Labute approximate surface area is 226 Å². The molecule has 2 aliphatic rings. The van der Waals surface area contributed by atoms with Crippen LogP contribution in [0.2, 0.25) is 0 Å². The second-order valence-corrected chi connectivity index (χ2v) is 11.6. The van der Waals surface area contributed by atoms with Crippen LogP contribution in [-0.4, -0.2) is 0 Å².